The number of carbonyl (C=O) groups excluding carboxylic acids is 1. The molecule has 2 aromatic rings. The molecule has 1 heterocycles. The molecule has 0 saturated heterocycles. The molecule has 2 aromatic carbocycles. The summed E-state index contributed by atoms with van der Waals surface area (Å²) in [5.41, 5.74) is 3.14. The Hall–Kier alpha value is -3.12. The number of carboxylic acids is 1. The molecule has 134 valence electrons. The molecule has 0 spiro atoms. The summed E-state index contributed by atoms with van der Waals surface area (Å²) in [5.74, 6) is -1.05. The minimum absolute atomic E-state index is 0.0617. The van der Waals surface area contributed by atoms with E-state index in [4.69, 9.17) is 9.47 Å². The summed E-state index contributed by atoms with van der Waals surface area (Å²) in [5, 5.41) is 19.3. The lowest BCUT2D eigenvalue weighted by Crippen LogP contribution is -2.13. The van der Waals surface area contributed by atoms with E-state index in [2.05, 4.69) is 0 Å². The van der Waals surface area contributed by atoms with Crippen molar-refractivity contribution in [3.63, 3.8) is 0 Å². The van der Waals surface area contributed by atoms with Gasteiger partial charge in [0.15, 0.2) is 12.6 Å². The second kappa shape index (κ2) is 7.01. The van der Waals surface area contributed by atoms with Crippen molar-refractivity contribution in [3.05, 3.63) is 63.7 Å². The summed E-state index contributed by atoms with van der Waals surface area (Å²) in [7, 11) is 0. The molecule has 0 aromatic heterocycles. The first-order valence-electron chi connectivity index (χ1n) is 8.00. The fourth-order valence-corrected chi connectivity index (χ4v) is 2.75. The van der Waals surface area contributed by atoms with E-state index >= 15 is 0 Å². The van der Waals surface area contributed by atoms with E-state index in [1.165, 1.54) is 24.3 Å². The lowest BCUT2D eigenvalue weighted by Gasteiger charge is -2.20. The average molecular weight is 354 g/mol. The highest BCUT2D eigenvalue weighted by Crippen LogP contribution is 2.31. The van der Waals surface area contributed by atoms with E-state index in [9.17, 15) is 19.8 Å². The Balaban J connectivity index is 1.98. The van der Waals surface area contributed by atoms with Gasteiger partial charge in [-0.2, -0.15) is 0 Å². The molecule has 0 atom stereocenters. The maximum absolute atomic E-state index is 12.5. The van der Waals surface area contributed by atoms with Crippen LogP contribution in [0.2, 0.25) is 0 Å². The van der Waals surface area contributed by atoms with E-state index in [-0.39, 0.29) is 36.1 Å². The number of aromatic carboxylic acids is 1. The zero-order chi connectivity index (χ0) is 18.8. The van der Waals surface area contributed by atoms with Crippen molar-refractivity contribution >= 4 is 17.8 Å². The van der Waals surface area contributed by atoms with Gasteiger partial charge in [0, 0.05) is 11.1 Å². The largest absolute Gasteiger partial charge is 0.507 e. The Bertz CT molecular complexity index is 926. The van der Waals surface area contributed by atoms with Gasteiger partial charge in [0.05, 0.1) is 17.7 Å². The van der Waals surface area contributed by atoms with Crippen molar-refractivity contribution < 1.29 is 29.3 Å². The maximum atomic E-state index is 12.5. The third-order valence-electron chi connectivity index (χ3n) is 4.28. The molecule has 6 heteroatoms. The molecule has 1 aliphatic rings. The Labute approximate surface area is 150 Å². The van der Waals surface area contributed by atoms with Gasteiger partial charge in [0.1, 0.15) is 11.5 Å². The van der Waals surface area contributed by atoms with Crippen LogP contribution in [-0.4, -0.2) is 28.8 Å². The van der Waals surface area contributed by atoms with E-state index in [1.54, 1.807) is 12.1 Å². The second-order valence-corrected chi connectivity index (χ2v) is 6.12. The van der Waals surface area contributed by atoms with Crippen LogP contribution >= 0.6 is 0 Å². The van der Waals surface area contributed by atoms with Gasteiger partial charge in [-0.1, -0.05) is 0 Å². The summed E-state index contributed by atoms with van der Waals surface area (Å²) in [6, 6.07) is 6.11. The van der Waals surface area contributed by atoms with Crippen LogP contribution < -0.4 is 4.74 Å². The van der Waals surface area contributed by atoms with Crippen LogP contribution in [0.15, 0.2) is 30.3 Å². The van der Waals surface area contributed by atoms with Crippen LogP contribution in [0.5, 0.6) is 11.5 Å². The van der Waals surface area contributed by atoms with Crippen LogP contribution in [0.25, 0.3) is 6.08 Å². The predicted octanol–water partition coefficient (Wildman–Crippen LogP) is 3.47. The molecule has 0 saturated carbocycles. The summed E-state index contributed by atoms with van der Waals surface area (Å²) < 4.78 is 10.6. The first-order chi connectivity index (χ1) is 12.4. The molecule has 0 radical (unpaired) electrons. The van der Waals surface area contributed by atoms with Crippen LogP contribution in [0.1, 0.15) is 43.0 Å². The summed E-state index contributed by atoms with van der Waals surface area (Å²) in [6.45, 7) is 4.01. The van der Waals surface area contributed by atoms with E-state index < -0.39 is 5.97 Å². The number of rotatable bonds is 4. The van der Waals surface area contributed by atoms with Gasteiger partial charge in [0.2, 0.25) is 0 Å². The number of aryl methyl sites for hydroxylation is 2. The molecular formula is C20H18O6. The smallest absolute Gasteiger partial charge is 0.335 e. The molecule has 0 amide bonds. The van der Waals surface area contributed by atoms with Crippen molar-refractivity contribution in [1.82, 2.24) is 0 Å². The van der Waals surface area contributed by atoms with Gasteiger partial charge in [-0.05, 0) is 61.4 Å². The van der Waals surface area contributed by atoms with Gasteiger partial charge < -0.3 is 19.7 Å². The third kappa shape index (κ3) is 3.45. The second-order valence-electron chi connectivity index (χ2n) is 6.12. The predicted molar refractivity (Wildman–Crippen MR) is 94.6 cm³/mol. The maximum Gasteiger partial charge on any atom is 0.335 e. The summed E-state index contributed by atoms with van der Waals surface area (Å²) in [6.07, 6.45) is 2.79. The highest BCUT2D eigenvalue weighted by Gasteiger charge is 2.18. The molecule has 3 rings (SSSR count). The first kappa shape index (κ1) is 17.7. The number of phenolic OH excluding ortho intramolecular Hbond substituents is 1. The fraction of sp³-hybridized carbons (Fsp3) is 0.200. The number of fused-ring (bicyclic) bond motifs is 1. The van der Waals surface area contributed by atoms with Crippen molar-refractivity contribution in [2.75, 3.05) is 6.79 Å². The van der Waals surface area contributed by atoms with Gasteiger partial charge in [-0.3, -0.25) is 4.79 Å². The molecule has 26 heavy (non-hydrogen) atoms. The average Bonchev–Trinajstić information content (AvgIpc) is 2.62. The number of carboxylic acid groups (broad SMARTS) is 1. The summed E-state index contributed by atoms with van der Waals surface area (Å²) in [4.78, 5) is 23.8. The fourth-order valence-electron chi connectivity index (χ4n) is 2.75. The first-order valence-corrected chi connectivity index (χ1v) is 8.00. The monoisotopic (exact) mass is 354 g/mol. The lowest BCUT2D eigenvalue weighted by molar-refractivity contribution is -0.0165. The lowest BCUT2D eigenvalue weighted by atomic mass is 10.00. The van der Waals surface area contributed by atoms with Crippen molar-refractivity contribution in [2.45, 2.75) is 20.5 Å². The normalized spacial score (nSPS) is 13.3. The molecule has 0 fully saturated rings. The standard InChI is InChI=1S/C20H18O6/c1-11-5-16(18(22)6-12(11)2)17(21)4-3-13-7-14(20(23)24)8-15-9-25-10-26-19(13)15/h3-8,22H,9-10H2,1-2H3,(H,23,24)/b4-3+. The number of benzene rings is 2. The molecule has 0 bridgehead atoms. The summed E-state index contributed by atoms with van der Waals surface area (Å²) >= 11 is 0. The quantitative estimate of drug-likeness (QED) is 0.645. The van der Waals surface area contributed by atoms with Gasteiger partial charge in [-0.15, -0.1) is 0 Å². The third-order valence-corrected chi connectivity index (χ3v) is 4.28. The van der Waals surface area contributed by atoms with E-state index in [1.807, 2.05) is 13.8 Å². The van der Waals surface area contributed by atoms with E-state index in [0.29, 0.717) is 16.9 Å². The van der Waals surface area contributed by atoms with Gasteiger partial charge in [0.25, 0.3) is 0 Å². The van der Waals surface area contributed by atoms with Crippen molar-refractivity contribution in [3.8, 4) is 11.5 Å². The minimum Gasteiger partial charge on any atom is -0.507 e. The van der Waals surface area contributed by atoms with Crippen molar-refractivity contribution in [2.24, 2.45) is 0 Å². The molecular weight excluding hydrogens is 336 g/mol. The van der Waals surface area contributed by atoms with Gasteiger partial charge in [-0.25, -0.2) is 4.79 Å². The minimum atomic E-state index is -1.08. The van der Waals surface area contributed by atoms with Crippen LogP contribution in [0, 0.1) is 13.8 Å². The molecule has 1 aliphatic heterocycles. The highest BCUT2D eigenvalue weighted by molar-refractivity contribution is 6.09. The number of ketones is 1. The Morgan fingerprint density at radius 2 is 1.85 bits per heavy atom. The Morgan fingerprint density at radius 3 is 2.58 bits per heavy atom. The van der Waals surface area contributed by atoms with Crippen molar-refractivity contribution in [1.29, 1.82) is 0 Å². The molecule has 0 aliphatic carbocycles. The zero-order valence-corrected chi connectivity index (χ0v) is 14.4. The Morgan fingerprint density at radius 1 is 1.12 bits per heavy atom. The number of phenols is 1. The number of aromatic hydroxyl groups is 1. The van der Waals surface area contributed by atoms with E-state index in [0.717, 1.165) is 11.1 Å². The van der Waals surface area contributed by atoms with Crippen LogP contribution in [0.4, 0.5) is 0 Å². The SMILES string of the molecule is Cc1cc(O)c(C(=O)/C=C/c2cc(C(=O)O)cc3c2OCOC3)cc1C. The highest BCUT2D eigenvalue weighted by atomic mass is 16.7. The zero-order valence-electron chi connectivity index (χ0n) is 14.4. The number of ether oxygens (including phenoxy) is 2. The van der Waals surface area contributed by atoms with Crippen LogP contribution in [-0.2, 0) is 11.3 Å². The number of hydrogen-bond acceptors (Lipinski definition) is 5. The topological polar surface area (TPSA) is 93.1 Å². The number of hydrogen-bond donors (Lipinski definition) is 2. The molecule has 6 nitrogen and oxygen atoms in total. The van der Waals surface area contributed by atoms with Crippen LogP contribution in [0.3, 0.4) is 0 Å². The Kier molecular flexibility index (Phi) is 4.77. The number of carbonyl (C=O) groups is 2. The number of allylic oxidation sites excluding steroid dienone is 1. The molecule has 2 N–H and O–H groups in total. The molecule has 0 unspecified atom stereocenters. The van der Waals surface area contributed by atoms with Gasteiger partial charge >= 0.3 is 5.97 Å².